The molecule has 5 heteroatoms. The van der Waals surface area contributed by atoms with Gasteiger partial charge in [-0.1, -0.05) is 0 Å². The lowest BCUT2D eigenvalue weighted by molar-refractivity contribution is -0.171. The van der Waals surface area contributed by atoms with Gasteiger partial charge in [-0.05, 0) is 6.92 Å². The second kappa shape index (κ2) is 2.81. The Morgan fingerprint density at radius 3 is 2.00 bits per heavy atom. The first-order chi connectivity index (χ1) is 4.76. The number of alkyl halides is 3. The molecule has 0 heterocycles. The van der Waals surface area contributed by atoms with Crippen LogP contribution in [-0.2, 0) is 9.59 Å². The molecule has 0 bridgehead atoms. The molecule has 1 atom stereocenters. The minimum Gasteiger partial charge on any atom is -0.300 e. The highest BCUT2D eigenvalue weighted by Gasteiger charge is 2.38. The Kier molecular flexibility index (Phi) is 2.03. The Hall–Kier alpha value is -0.870. The lowest BCUT2D eigenvalue weighted by Crippen LogP contribution is -2.24. The first kappa shape index (κ1) is 7.24. The summed E-state index contributed by atoms with van der Waals surface area (Å²) in [5, 5.41) is 0. The van der Waals surface area contributed by atoms with Crippen LogP contribution in [0.15, 0.2) is 0 Å². The van der Waals surface area contributed by atoms with Crippen molar-refractivity contribution in [3.05, 3.63) is 0 Å². The summed E-state index contributed by atoms with van der Waals surface area (Å²) in [6, 6.07) is 0. The first-order valence-electron chi connectivity index (χ1n) is 2.88. The van der Waals surface area contributed by atoms with E-state index in [9.17, 15) is 22.8 Å². The second-order valence-electron chi connectivity index (χ2n) is 1.62. The van der Waals surface area contributed by atoms with Crippen LogP contribution in [0.25, 0.3) is 0 Å². The van der Waals surface area contributed by atoms with Crippen LogP contribution in [0.5, 0.6) is 0 Å². The molecule has 2 nitrogen and oxygen atoms in total. The van der Waals surface area contributed by atoms with Crippen LogP contribution in [0.2, 0.25) is 0 Å². The van der Waals surface area contributed by atoms with Gasteiger partial charge in [0.1, 0.15) is 5.78 Å². The number of hydrogen-bond acceptors (Lipinski definition) is 2. The van der Waals surface area contributed by atoms with Crippen LogP contribution in [0.1, 0.15) is 14.7 Å². The summed E-state index contributed by atoms with van der Waals surface area (Å²) in [4.78, 5) is 20.2. The molecule has 1 unspecified atom stereocenters. The fraction of sp³-hybridized carbons (Fsp3) is 0.600. The molecule has 0 aromatic carbocycles. The van der Waals surface area contributed by atoms with Crippen LogP contribution in [-0.4, -0.2) is 17.7 Å². The molecule has 0 fully saturated rings. The minimum atomic E-state index is -5.09. The lowest BCUT2D eigenvalue weighted by Gasteiger charge is -2.00. The quantitative estimate of drug-likeness (QED) is 0.559. The fourth-order valence-corrected chi connectivity index (χ4v) is 0.266. The van der Waals surface area contributed by atoms with Crippen molar-refractivity contribution in [2.75, 3.05) is 0 Å². The maximum absolute atomic E-state index is 11.4. The highest BCUT2D eigenvalue weighted by atomic mass is 19.4. The molecule has 0 N–H and O–H groups in total. The molecule has 0 rings (SSSR count). The third-order valence-corrected chi connectivity index (χ3v) is 0.614. The predicted octanol–water partition coefficient (Wildman–Crippen LogP) is 1.10. The van der Waals surface area contributed by atoms with E-state index in [0.717, 1.165) is 6.92 Å². The smallest absolute Gasteiger partial charge is 0.300 e. The van der Waals surface area contributed by atoms with Crippen LogP contribution in [0.4, 0.5) is 13.2 Å². The van der Waals surface area contributed by atoms with Gasteiger partial charge in [-0.3, -0.25) is 9.59 Å². The molecule has 0 aliphatic rings. The van der Waals surface area contributed by atoms with Crippen LogP contribution in [0.3, 0.4) is 0 Å². The van der Waals surface area contributed by atoms with Crippen molar-refractivity contribution in [3.63, 3.8) is 0 Å². The van der Waals surface area contributed by atoms with Gasteiger partial charge in [-0.25, -0.2) is 0 Å². The van der Waals surface area contributed by atoms with E-state index in [-0.39, 0.29) is 0 Å². The van der Waals surface area contributed by atoms with Gasteiger partial charge in [0.2, 0.25) is 5.78 Å². The van der Waals surface area contributed by atoms with Gasteiger partial charge in [0.05, 0.1) is 6.40 Å². The molecule has 0 aromatic heterocycles. The van der Waals surface area contributed by atoms with E-state index in [1.807, 2.05) is 0 Å². The van der Waals surface area contributed by atoms with E-state index in [1.165, 1.54) is 0 Å². The maximum atomic E-state index is 11.4. The Labute approximate surface area is 56.4 Å². The summed E-state index contributed by atoms with van der Waals surface area (Å²) in [5.41, 5.74) is 0. The highest BCUT2D eigenvalue weighted by Crippen LogP contribution is 2.17. The zero-order valence-corrected chi connectivity index (χ0v) is 5.03. The lowest BCUT2D eigenvalue weighted by atomic mass is 10.2. The van der Waals surface area contributed by atoms with Crippen molar-refractivity contribution in [1.29, 1.82) is 0 Å². The summed E-state index contributed by atoms with van der Waals surface area (Å²) >= 11 is 0. The monoisotopic (exact) mass is 155 g/mol. The van der Waals surface area contributed by atoms with Gasteiger partial charge >= 0.3 is 6.18 Å². The number of rotatable bonds is 2. The van der Waals surface area contributed by atoms with Crippen molar-refractivity contribution in [3.8, 4) is 0 Å². The Morgan fingerprint density at radius 1 is 1.50 bits per heavy atom. The number of Topliss-reactive ketones (excluding diaryl/α,β-unsaturated/α-hetero) is 2. The van der Waals surface area contributed by atoms with Gasteiger partial charge < -0.3 is 0 Å². The summed E-state index contributed by atoms with van der Waals surface area (Å²) in [6.45, 7) is 0.765. The molecule has 0 saturated heterocycles. The van der Waals surface area contributed by atoms with E-state index in [2.05, 4.69) is 0 Å². The maximum Gasteiger partial charge on any atom is 0.450 e. The molecule has 0 spiro atoms. The van der Waals surface area contributed by atoms with Gasteiger partial charge in [-0.2, -0.15) is 13.2 Å². The van der Waals surface area contributed by atoms with Crippen molar-refractivity contribution < 1.29 is 24.1 Å². The third kappa shape index (κ3) is 3.21. The van der Waals surface area contributed by atoms with Gasteiger partial charge in [0, 0.05) is 1.37 Å². The van der Waals surface area contributed by atoms with E-state index in [0.29, 0.717) is 0 Å². The Bertz CT molecular complexity index is 187. The summed E-state index contributed by atoms with van der Waals surface area (Å²) in [5.74, 6) is -3.42. The summed E-state index contributed by atoms with van der Waals surface area (Å²) in [7, 11) is 0. The van der Waals surface area contributed by atoms with Crippen LogP contribution >= 0.6 is 0 Å². The number of ketones is 2. The largest absolute Gasteiger partial charge is 0.450 e. The molecule has 0 amide bonds. The third-order valence-electron chi connectivity index (χ3n) is 0.614. The molecular weight excluding hydrogens is 149 g/mol. The molecule has 0 radical (unpaired) electrons. The van der Waals surface area contributed by atoms with Crippen molar-refractivity contribution in [1.82, 2.24) is 0 Å². The number of hydrogen-bond donors (Lipinski definition) is 0. The minimum absolute atomic E-state index is 0.765. The predicted molar refractivity (Wildman–Crippen MR) is 26.4 cm³/mol. The molecule has 0 aromatic rings. The molecule has 58 valence electrons. The number of halogens is 3. The van der Waals surface area contributed by atoms with Gasteiger partial charge in [-0.15, -0.1) is 0 Å². The van der Waals surface area contributed by atoms with Crippen molar-refractivity contribution in [2.45, 2.75) is 19.5 Å². The Morgan fingerprint density at radius 2 is 1.90 bits per heavy atom. The molecule has 0 aliphatic heterocycles. The molecule has 0 aliphatic carbocycles. The molecular formula is C5H5F3O2. The first-order valence-corrected chi connectivity index (χ1v) is 2.30. The fourth-order valence-electron chi connectivity index (χ4n) is 0.266. The van der Waals surface area contributed by atoms with Crippen LogP contribution < -0.4 is 0 Å². The summed E-state index contributed by atoms with van der Waals surface area (Å²) in [6.07, 6.45) is -7.41. The van der Waals surface area contributed by atoms with Crippen molar-refractivity contribution >= 4 is 11.6 Å². The zero-order valence-electron chi connectivity index (χ0n) is 6.03. The summed E-state index contributed by atoms with van der Waals surface area (Å²) < 4.78 is 40.8. The molecule has 10 heavy (non-hydrogen) atoms. The van der Waals surface area contributed by atoms with Gasteiger partial charge in [0.15, 0.2) is 0 Å². The normalized spacial score (nSPS) is 15.8. The topological polar surface area (TPSA) is 34.1 Å². The number of carbonyl (C=O) groups excluding carboxylic acids is 2. The number of carbonyl (C=O) groups is 2. The van der Waals surface area contributed by atoms with Crippen molar-refractivity contribution in [2.24, 2.45) is 0 Å². The average molecular weight is 155 g/mol. The van der Waals surface area contributed by atoms with Gasteiger partial charge in [0.25, 0.3) is 0 Å². The second-order valence-corrected chi connectivity index (χ2v) is 1.62. The zero-order chi connectivity index (χ0) is 9.23. The van der Waals surface area contributed by atoms with Crippen LogP contribution in [0, 0.1) is 0 Å². The Balaban J connectivity index is 4.39. The SMILES string of the molecule is [2H]C(C(C)=O)C(=O)C(F)(F)F. The van der Waals surface area contributed by atoms with E-state index in [1.54, 1.807) is 0 Å². The van der Waals surface area contributed by atoms with E-state index in [4.69, 9.17) is 1.37 Å². The van der Waals surface area contributed by atoms with E-state index >= 15 is 0 Å². The standard InChI is InChI=1S/C5H5F3O2/c1-3(9)2-4(10)5(6,7)8/h2H2,1H3/i2D. The van der Waals surface area contributed by atoms with E-state index < -0.39 is 24.1 Å². The average Bonchev–Trinajstić information content (AvgIpc) is 1.82. The highest BCUT2D eigenvalue weighted by molar-refractivity contribution is 6.00. The molecule has 0 saturated carbocycles.